The molecule has 1 fully saturated rings. The summed E-state index contributed by atoms with van der Waals surface area (Å²) in [5.74, 6) is -1.70. The summed E-state index contributed by atoms with van der Waals surface area (Å²) in [4.78, 5) is 0. The molecule has 76 valence electrons. The van der Waals surface area contributed by atoms with Gasteiger partial charge in [0.15, 0.2) is 11.6 Å². The minimum Gasteiger partial charge on any atom is -0.372 e. The lowest BCUT2D eigenvalue weighted by atomic mass is 10.0. The standard InChI is InChI=1S/C10H11F2NO/c11-7-2-1-6(5-8(7)12)10-9(13)3-4-14-10/h1-2,5,9-10H,3-4,13H2/t9-,10+/m1/s1. The Morgan fingerprint density at radius 1 is 1.29 bits per heavy atom. The van der Waals surface area contributed by atoms with E-state index in [1.807, 2.05) is 0 Å². The van der Waals surface area contributed by atoms with Crippen LogP contribution in [-0.4, -0.2) is 12.6 Å². The maximum Gasteiger partial charge on any atom is 0.159 e. The number of rotatable bonds is 1. The molecular formula is C10H11F2NO. The molecule has 1 aromatic rings. The predicted molar refractivity (Wildman–Crippen MR) is 47.6 cm³/mol. The third-order valence-corrected chi connectivity index (χ3v) is 2.41. The van der Waals surface area contributed by atoms with Gasteiger partial charge in [-0.3, -0.25) is 0 Å². The van der Waals surface area contributed by atoms with E-state index in [1.165, 1.54) is 6.07 Å². The zero-order chi connectivity index (χ0) is 10.1. The topological polar surface area (TPSA) is 35.2 Å². The monoisotopic (exact) mass is 199 g/mol. The summed E-state index contributed by atoms with van der Waals surface area (Å²) in [5.41, 5.74) is 6.36. The number of halogens is 2. The molecular weight excluding hydrogens is 188 g/mol. The zero-order valence-corrected chi connectivity index (χ0v) is 7.54. The summed E-state index contributed by atoms with van der Waals surface area (Å²) in [7, 11) is 0. The van der Waals surface area contributed by atoms with Crippen LogP contribution in [0.1, 0.15) is 18.1 Å². The minimum absolute atomic E-state index is 0.125. The molecule has 0 aromatic heterocycles. The molecule has 0 unspecified atom stereocenters. The maximum atomic E-state index is 12.9. The summed E-state index contributed by atoms with van der Waals surface area (Å²) in [5, 5.41) is 0. The lowest BCUT2D eigenvalue weighted by Crippen LogP contribution is -2.23. The second-order valence-electron chi connectivity index (χ2n) is 3.42. The van der Waals surface area contributed by atoms with Crippen molar-refractivity contribution in [2.24, 2.45) is 5.73 Å². The van der Waals surface area contributed by atoms with Crippen molar-refractivity contribution >= 4 is 0 Å². The molecule has 0 amide bonds. The molecule has 2 rings (SSSR count). The molecule has 2 atom stereocenters. The van der Waals surface area contributed by atoms with Gasteiger partial charge in [0, 0.05) is 12.6 Å². The van der Waals surface area contributed by atoms with Gasteiger partial charge in [0.05, 0.1) is 6.10 Å². The molecule has 1 saturated heterocycles. The van der Waals surface area contributed by atoms with Crippen LogP contribution in [0.5, 0.6) is 0 Å². The van der Waals surface area contributed by atoms with Crippen molar-refractivity contribution in [3.63, 3.8) is 0 Å². The highest BCUT2D eigenvalue weighted by molar-refractivity contribution is 5.22. The Balaban J connectivity index is 2.28. The highest BCUT2D eigenvalue weighted by atomic mass is 19.2. The number of hydrogen-bond donors (Lipinski definition) is 1. The highest BCUT2D eigenvalue weighted by Crippen LogP contribution is 2.28. The van der Waals surface area contributed by atoms with Crippen LogP contribution in [0.2, 0.25) is 0 Å². The summed E-state index contributed by atoms with van der Waals surface area (Å²) < 4.78 is 30.9. The fourth-order valence-electron chi connectivity index (χ4n) is 1.64. The van der Waals surface area contributed by atoms with Crippen molar-refractivity contribution in [1.82, 2.24) is 0 Å². The van der Waals surface area contributed by atoms with E-state index < -0.39 is 11.6 Å². The minimum atomic E-state index is -0.856. The molecule has 0 bridgehead atoms. The fourth-order valence-corrected chi connectivity index (χ4v) is 1.64. The third-order valence-electron chi connectivity index (χ3n) is 2.41. The first-order valence-electron chi connectivity index (χ1n) is 4.50. The second kappa shape index (κ2) is 3.63. The lowest BCUT2D eigenvalue weighted by Gasteiger charge is -2.14. The summed E-state index contributed by atoms with van der Waals surface area (Å²) >= 11 is 0. The van der Waals surface area contributed by atoms with Crippen LogP contribution < -0.4 is 5.73 Å². The second-order valence-corrected chi connectivity index (χ2v) is 3.42. The molecule has 0 aliphatic carbocycles. The molecule has 0 radical (unpaired) electrons. The van der Waals surface area contributed by atoms with E-state index in [2.05, 4.69) is 0 Å². The van der Waals surface area contributed by atoms with Gasteiger partial charge in [0.25, 0.3) is 0 Å². The Morgan fingerprint density at radius 2 is 2.07 bits per heavy atom. The van der Waals surface area contributed by atoms with E-state index in [1.54, 1.807) is 0 Å². The number of hydrogen-bond acceptors (Lipinski definition) is 2. The average Bonchev–Trinajstić information content (AvgIpc) is 2.57. The van der Waals surface area contributed by atoms with Gasteiger partial charge in [-0.05, 0) is 24.1 Å². The van der Waals surface area contributed by atoms with Crippen LogP contribution >= 0.6 is 0 Å². The van der Waals surface area contributed by atoms with Gasteiger partial charge >= 0.3 is 0 Å². The Hall–Kier alpha value is -1.00. The van der Waals surface area contributed by atoms with Gasteiger partial charge in [-0.1, -0.05) is 6.07 Å². The average molecular weight is 199 g/mol. The van der Waals surface area contributed by atoms with Crippen molar-refractivity contribution < 1.29 is 13.5 Å². The number of benzene rings is 1. The molecule has 4 heteroatoms. The maximum absolute atomic E-state index is 12.9. The van der Waals surface area contributed by atoms with Gasteiger partial charge in [-0.15, -0.1) is 0 Å². The molecule has 2 nitrogen and oxygen atoms in total. The Kier molecular flexibility index (Phi) is 2.48. The van der Waals surface area contributed by atoms with Crippen LogP contribution in [-0.2, 0) is 4.74 Å². The largest absolute Gasteiger partial charge is 0.372 e. The van der Waals surface area contributed by atoms with Crippen LogP contribution in [0.25, 0.3) is 0 Å². The van der Waals surface area contributed by atoms with Crippen molar-refractivity contribution in [3.05, 3.63) is 35.4 Å². The Labute approximate surface area is 80.7 Å². The molecule has 1 aliphatic rings. The van der Waals surface area contributed by atoms with E-state index in [-0.39, 0.29) is 12.1 Å². The number of ether oxygens (including phenoxy) is 1. The first-order chi connectivity index (χ1) is 6.68. The first-order valence-corrected chi connectivity index (χ1v) is 4.50. The smallest absolute Gasteiger partial charge is 0.159 e. The lowest BCUT2D eigenvalue weighted by molar-refractivity contribution is 0.105. The predicted octanol–water partition coefficient (Wildman–Crippen LogP) is 1.75. The molecule has 14 heavy (non-hydrogen) atoms. The third kappa shape index (κ3) is 1.63. The Morgan fingerprint density at radius 3 is 2.64 bits per heavy atom. The Bertz CT molecular complexity index is 343. The van der Waals surface area contributed by atoms with Gasteiger partial charge in [-0.2, -0.15) is 0 Å². The van der Waals surface area contributed by atoms with Crippen LogP contribution in [0.3, 0.4) is 0 Å². The molecule has 0 spiro atoms. The molecule has 1 heterocycles. The molecule has 1 aliphatic heterocycles. The highest BCUT2D eigenvalue weighted by Gasteiger charge is 2.26. The first kappa shape index (κ1) is 9.55. The van der Waals surface area contributed by atoms with Crippen molar-refractivity contribution in [3.8, 4) is 0 Å². The molecule has 0 saturated carbocycles. The normalized spacial score (nSPS) is 26.8. The van der Waals surface area contributed by atoms with Crippen LogP contribution in [0.15, 0.2) is 18.2 Å². The van der Waals surface area contributed by atoms with E-state index in [0.29, 0.717) is 12.2 Å². The fraction of sp³-hybridized carbons (Fsp3) is 0.400. The van der Waals surface area contributed by atoms with E-state index in [0.717, 1.165) is 18.6 Å². The van der Waals surface area contributed by atoms with Gasteiger partial charge in [0.2, 0.25) is 0 Å². The van der Waals surface area contributed by atoms with E-state index >= 15 is 0 Å². The summed E-state index contributed by atoms with van der Waals surface area (Å²) in [6.07, 6.45) is 0.453. The quantitative estimate of drug-likeness (QED) is 0.747. The molecule has 1 aromatic carbocycles. The zero-order valence-electron chi connectivity index (χ0n) is 7.54. The summed E-state index contributed by atoms with van der Waals surface area (Å²) in [6, 6.07) is 3.62. The van der Waals surface area contributed by atoms with Crippen molar-refractivity contribution in [2.75, 3.05) is 6.61 Å². The van der Waals surface area contributed by atoms with Crippen LogP contribution in [0, 0.1) is 11.6 Å². The van der Waals surface area contributed by atoms with E-state index in [9.17, 15) is 8.78 Å². The molecule has 2 N–H and O–H groups in total. The SMILES string of the molecule is N[C@@H]1CCO[C@H]1c1ccc(F)c(F)c1. The van der Waals surface area contributed by atoms with Crippen LogP contribution in [0.4, 0.5) is 8.78 Å². The summed E-state index contributed by atoms with van der Waals surface area (Å²) in [6.45, 7) is 0.574. The van der Waals surface area contributed by atoms with Crippen molar-refractivity contribution in [2.45, 2.75) is 18.6 Å². The van der Waals surface area contributed by atoms with Crippen molar-refractivity contribution in [1.29, 1.82) is 0 Å². The van der Waals surface area contributed by atoms with Gasteiger partial charge in [-0.25, -0.2) is 8.78 Å². The van der Waals surface area contributed by atoms with Gasteiger partial charge < -0.3 is 10.5 Å². The van der Waals surface area contributed by atoms with E-state index in [4.69, 9.17) is 10.5 Å². The number of nitrogens with two attached hydrogens (primary N) is 1. The van der Waals surface area contributed by atoms with Gasteiger partial charge in [0.1, 0.15) is 0 Å².